The Bertz CT molecular complexity index is 236. The molecule has 1 N–H and O–H groups in total. The molecule has 0 heterocycles. The third-order valence-corrected chi connectivity index (χ3v) is 3.77. The summed E-state index contributed by atoms with van der Waals surface area (Å²) in [5, 5.41) is 2.94. The third-order valence-electron chi connectivity index (χ3n) is 3.77. The van der Waals surface area contributed by atoms with E-state index < -0.39 is 0 Å². The minimum atomic E-state index is -0.0340. The van der Waals surface area contributed by atoms with Crippen LogP contribution >= 0.6 is 0 Å². The summed E-state index contributed by atoms with van der Waals surface area (Å²) < 4.78 is 1.05. The van der Waals surface area contributed by atoms with Crippen LogP contribution in [0.1, 0.15) is 34.6 Å². The van der Waals surface area contributed by atoms with Crippen LogP contribution in [0.4, 0.5) is 0 Å². The largest absolute Gasteiger partial charge is 0.346 e. The molecule has 1 amide bonds. The van der Waals surface area contributed by atoms with Gasteiger partial charge in [0.25, 0.3) is 0 Å². The van der Waals surface area contributed by atoms with Crippen molar-refractivity contribution in [3.8, 4) is 0 Å². The summed E-state index contributed by atoms with van der Waals surface area (Å²) in [5.74, 6) is -0.0340. The highest BCUT2D eigenvalue weighted by Gasteiger charge is 2.28. The van der Waals surface area contributed by atoms with E-state index >= 15 is 0 Å². The molecule has 0 fully saturated rings. The maximum absolute atomic E-state index is 11.4. The molecule has 0 aromatic heterocycles. The number of hydrogen-bond acceptors (Lipinski definition) is 1. The molecule has 0 spiro atoms. The van der Waals surface area contributed by atoms with Gasteiger partial charge in [0.2, 0.25) is 5.91 Å². The van der Waals surface area contributed by atoms with Crippen LogP contribution < -0.4 is 5.32 Å². The van der Waals surface area contributed by atoms with Crippen LogP contribution in [0.2, 0.25) is 0 Å². The van der Waals surface area contributed by atoms with Gasteiger partial charge in [-0.2, -0.15) is 0 Å². The van der Waals surface area contributed by atoms with E-state index in [1.807, 2.05) is 0 Å². The Morgan fingerprint density at radius 1 is 1.25 bits per heavy atom. The standard InChI is InChI=1S/C13H26N2O/c1-7-15(8-2,9-3)12(6)10-14-13(16)11(4)5/h12H,4,7-10H2,1-3,5-6H3/p+1. The summed E-state index contributed by atoms with van der Waals surface area (Å²) in [6, 6.07) is 0.448. The second-order valence-corrected chi connectivity index (χ2v) is 4.51. The van der Waals surface area contributed by atoms with Crippen LogP contribution in [-0.2, 0) is 4.79 Å². The van der Waals surface area contributed by atoms with Gasteiger partial charge in [0, 0.05) is 5.57 Å². The Labute approximate surface area is 100 Å². The number of amides is 1. The maximum Gasteiger partial charge on any atom is 0.246 e. The maximum atomic E-state index is 11.4. The molecule has 0 aliphatic rings. The van der Waals surface area contributed by atoms with Gasteiger partial charge in [-0.05, 0) is 34.6 Å². The molecule has 0 radical (unpaired) electrons. The second-order valence-electron chi connectivity index (χ2n) is 4.51. The van der Waals surface area contributed by atoms with E-state index in [0.717, 1.165) is 30.7 Å². The first-order valence-corrected chi connectivity index (χ1v) is 6.23. The molecule has 0 aliphatic carbocycles. The van der Waals surface area contributed by atoms with E-state index in [0.29, 0.717) is 11.6 Å². The number of hydrogen-bond donors (Lipinski definition) is 1. The topological polar surface area (TPSA) is 29.1 Å². The molecule has 0 rings (SSSR count). The first kappa shape index (κ1) is 15.2. The average Bonchev–Trinajstić information content (AvgIpc) is 2.28. The van der Waals surface area contributed by atoms with Crippen molar-refractivity contribution in [3.63, 3.8) is 0 Å². The van der Waals surface area contributed by atoms with Crippen molar-refractivity contribution < 1.29 is 9.28 Å². The zero-order chi connectivity index (χ0) is 12.8. The van der Waals surface area contributed by atoms with E-state index in [2.05, 4.69) is 39.6 Å². The van der Waals surface area contributed by atoms with Gasteiger partial charge in [-0.15, -0.1) is 0 Å². The van der Waals surface area contributed by atoms with Crippen LogP contribution in [0.3, 0.4) is 0 Å². The van der Waals surface area contributed by atoms with Crippen molar-refractivity contribution in [2.75, 3.05) is 26.2 Å². The van der Waals surface area contributed by atoms with Gasteiger partial charge < -0.3 is 9.80 Å². The van der Waals surface area contributed by atoms with Crippen LogP contribution in [0.5, 0.6) is 0 Å². The van der Waals surface area contributed by atoms with Gasteiger partial charge in [-0.25, -0.2) is 0 Å². The molecular weight excluding hydrogens is 200 g/mol. The number of likely N-dealkylation sites (N-methyl/N-ethyl adjacent to an activating group) is 1. The van der Waals surface area contributed by atoms with E-state index in [9.17, 15) is 4.79 Å². The van der Waals surface area contributed by atoms with E-state index in [1.54, 1.807) is 6.92 Å². The fraction of sp³-hybridized carbons (Fsp3) is 0.769. The molecule has 3 heteroatoms. The molecule has 1 unspecified atom stereocenters. The van der Waals surface area contributed by atoms with Crippen LogP contribution in [0.15, 0.2) is 12.2 Å². The zero-order valence-electron chi connectivity index (χ0n) is 11.5. The molecule has 0 saturated carbocycles. The lowest BCUT2D eigenvalue weighted by molar-refractivity contribution is -0.943. The number of carbonyl (C=O) groups is 1. The zero-order valence-corrected chi connectivity index (χ0v) is 11.5. The van der Waals surface area contributed by atoms with Crippen molar-refractivity contribution in [1.82, 2.24) is 5.32 Å². The SMILES string of the molecule is C=C(C)C(=O)NCC(C)[N+](CC)(CC)CC. The minimum absolute atomic E-state index is 0.0340. The number of nitrogens with one attached hydrogen (secondary N) is 1. The van der Waals surface area contributed by atoms with Crippen LogP contribution in [0, 0.1) is 0 Å². The van der Waals surface area contributed by atoms with Gasteiger partial charge >= 0.3 is 0 Å². The number of quaternary nitrogens is 1. The molecule has 94 valence electrons. The van der Waals surface area contributed by atoms with Crippen molar-refractivity contribution >= 4 is 5.91 Å². The molecule has 1 atom stereocenters. The van der Waals surface area contributed by atoms with E-state index in [4.69, 9.17) is 0 Å². The summed E-state index contributed by atoms with van der Waals surface area (Å²) in [7, 11) is 0. The number of carbonyl (C=O) groups excluding carboxylic acids is 1. The Morgan fingerprint density at radius 3 is 2.00 bits per heavy atom. The van der Waals surface area contributed by atoms with Gasteiger partial charge in [0.15, 0.2) is 0 Å². The lowest BCUT2D eigenvalue weighted by atomic mass is 10.2. The van der Waals surface area contributed by atoms with Gasteiger partial charge in [-0.3, -0.25) is 4.79 Å². The summed E-state index contributed by atoms with van der Waals surface area (Å²) in [4.78, 5) is 11.4. The van der Waals surface area contributed by atoms with Crippen LogP contribution in [0.25, 0.3) is 0 Å². The minimum Gasteiger partial charge on any atom is -0.346 e. The predicted octanol–water partition coefficient (Wildman–Crippen LogP) is 1.94. The molecule has 0 aliphatic heterocycles. The second kappa shape index (κ2) is 6.69. The molecule has 3 nitrogen and oxygen atoms in total. The summed E-state index contributed by atoms with van der Waals surface area (Å²) in [6.07, 6.45) is 0. The monoisotopic (exact) mass is 227 g/mol. The Kier molecular flexibility index (Phi) is 6.34. The summed E-state index contributed by atoms with van der Waals surface area (Å²) in [5.41, 5.74) is 0.579. The smallest absolute Gasteiger partial charge is 0.246 e. The highest BCUT2D eigenvalue weighted by molar-refractivity contribution is 5.92. The summed E-state index contributed by atoms with van der Waals surface area (Å²) in [6.45, 7) is 18.3. The molecule has 0 aromatic rings. The van der Waals surface area contributed by atoms with Crippen LogP contribution in [-0.4, -0.2) is 42.6 Å². The Balaban J connectivity index is 4.37. The lowest BCUT2D eigenvalue weighted by Gasteiger charge is -2.41. The first-order chi connectivity index (χ1) is 7.43. The fourth-order valence-electron chi connectivity index (χ4n) is 2.19. The van der Waals surface area contributed by atoms with Gasteiger partial charge in [0.05, 0.1) is 26.2 Å². The van der Waals surface area contributed by atoms with Crippen molar-refractivity contribution in [1.29, 1.82) is 0 Å². The quantitative estimate of drug-likeness (QED) is 0.523. The number of rotatable bonds is 7. The van der Waals surface area contributed by atoms with Crippen molar-refractivity contribution in [2.24, 2.45) is 0 Å². The van der Waals surface area contributed by atoms with E-state index in [1.165, 1.54) is 0 Å². The Morgan fingerprint density at radius 2 is 1.69 bits per heavy atom. The highest BCUT2D eigenvalue weighted by atomic mass is 16.1. The lowest BCUT2D eigenvalue weighted by Crippen LogP contribution is -2.57. The Hall–Kier alpha value is -0.830. The molecule has 0 saturated heterocycles. The predicted molar refractivity (Wildman–Crippen MR) is 69.2 cm³/mol. The van der Waals surface area contributed by atoms with Crippen molar-refractivity contribution in [3.05, 3.63) is 12.2 Å². The molecule has 16 heavy (non-hydrogen) atoms. The average molecular weight is 227 g/mol. The summed E-state index contributed by atoms with van der Waals surface area (Å²) >= 11 is 0. The van der Waals surface area contributed by atoms with E-state index in [-0.39, 0.29) is 5.91 Å². The van der Waals surface area contributed by atoms with Crippen molar-refractivity contribution in [2.45, 2.75) is 40.7 Å². The number of nitrogens with zero attached hydrogens (tertiary/aromatic N) is 1. The van der Waals surface area contributed by atoms with Gasteiger partial charge in [0.1, 0.15) is 6.04 Å². The molecular formula is C13H27N2O+. The molecule has 0 bridgehead atoms. The highest BCUT2D eigenvalue weighted by Crippen LogP contribution is 2.12. The first-order valence-electron chi connectivity index (χ1n) is 6.23. The third kappa shape index (κ3) is 3.63. The van der Waals surface area contributed by atoms with Gasteiger partial charge in [-0.1, -0.05) is 6.58 Å². The normalized spacial score (nSPS) is 13.3. The fourth-order valence-corrected chi connectivity index (χ4v) is 2.19. The molecule has 0 aromatic carbocycles.